The molecule has 7 heteroatoms. The smallest absolute Gasteiger partial charge is 0.270 e. The molecular weight excluding hydrogens is 326 g/mol. The highest BCUT2D eigenvalue weighted by Crippen LogP contribution is 2.36. The molecule has 6 nitrogen and oxygen atoms in total. The lowest BCUT2D eigenvalue weighted by Crippen LogP contribution is -2.41. The molecule has 20 heavy (non-hydrogen) atoms. The van der Waals surface area contributed by atoms with Gasteiger partial charge in [0, 0.05) is 29.7 Å². The van der Waals surface area contributed by atoms with Crippen molar-refractivity contribution in [2.75, 3.05) is 18.0 Å². The van der Waals surface area contributed by atoms with Crippen LogP contribution in [-0.2, 0) is 4.79 Å². The monoisotopic (exact) mass is 341 g/mol. The number of carbonyl (C=O) groups excluding carboxylic acids is 1. The minimum Gasteiger partial charge on any atom is -0.370 e. The van der Waals surface area contributed by atoms with Gasteiger partial charge < -0.3 is 10.6 Å². The number of aryl methyl sites for hydroxylation is 1. The molecular formula is C13H16BrN3O3. The first-order valence-corrected chi connectivity index (χ1v) is 7.18. The van der Waals surface area contributed by atoms with Gasteiger partial charge in [-0.1, -0.05) is 0 Å². The normalized spacial score (nSPS) is 18.9. The first-order chi connectivity index (χ1) is 9.40. The Hall–Kier alpha value is -1.63. The van der Waals surface area contributed by atoms with Crippen molar-refractivity contribution in [2.45, 2.75) is 19.8 Å². The number of non-ortho nitro benzene ring substituents is 1. The van der Waals surface area contributed by atoms with Gasteiger partial charge in [0.25, 0.3) is 5.69 Å². The van der Waals surface area contributed by atoms with Crippen molar-refractivity contribution in [3.8, 4) is 0 Å². The SMILES string of the molecule is Cc1cc([N+](=O)[O-])cc(Br)c1N1CCCC(C(N)=O)C1. The molecule has 0 radical (unpaired) electrons. The summed E-state index contributed by atoms with van der Waals surface area (Å²) in [5.74, 6) is -0.448. The van der Waals surface area contributed by atoms with E-state index in [1.165, 1.54) is 6.07 Å². The quantitative estimate of drug-likeness (QED) is 0.675. The summed E-state index contributed by atoms with van der Waals surface area (Å²) in [4.78, 5) is 23.8. The van der Waals surface area contributed by atoms with E-state index >= 15 is 0 Å². The molecule has 2 N–H and O–H groups in total. The van der Waals surface area contributed by atoms with Gasteiger partial charge in [-0.3, -0.25) is 14.9 Å². The molecule has 1 aromatic rings. The van der Waals surface area contributed by atoms with E-state index in [9.17, 15) is 14.9 Å². The number of primary amides is 1. The molecule has 1 unspecified atom stereocenters. The van der Waals surface area contributed by atoms with E-state index in [-0.39, 0.29) is 17.5 Å². The molecule has 0 aliphatic carbocycles. The van der Waals surface area contributed by atoms with Crippen LogP contribution in [0.2, 0.25) is 0 Å². The minimum absolute atomic E-state index is 0.0570. The van der Waals surface area contributed by atoms with Crippen molar-refractivity contribution in [2.24, 2.45) is 11.7 Å². The Bertz CT molecular complexity index is 539. The number of hydrogen-bond donors (Lipinski definition) is 1. The Morgan fingerprint density at radius 2 is 2.25 bits per heavy atom. The molecule has 1 saturated heterocycles. The first kappa shape index (κ1) is 14.8. The first-order valence-electron chi connectivity index (χ1n) is 6.39. The van der Waals surface area contributed by atoms with Crippen LogP contribution in [0.5, 0.6) is 0 Å². The minimum atomic E-state index is -0.413. The number of nitrogens with two attached hydrogens (primary N) is 1. The largest absolute Gasteiger partial charge is 0.370 e. The van der Waals surface area contributed by atoms with Gasteiger partial charge >= 0.3 is 0 Å². The molecule has 0 saturated carbocycles. The zero-order valence-electron chi connectivity index (χ0n) is 11.1. The fraction of sp³-hybridized carbons (Fsp3) is 0.462. The number of carbonyl (C=O) groups is 1. The van der Waals surface area contributed by atoms with E-state index in [1.54, 1.807) is 6.07 Å². The van der Waals surface area contributed by atoms with Crippen LogP contribution in [0.25, 0.3) is 0 Å². The molecule has 1 aliphatic rings. The number of hydrogen-bond acceptors (Lipinski definition) is 4. The lowest BCUT2D eigenvalue weighted by atomic mass is 9.96. The Morgan fingerprint density at radius 3 is 2.80 bits per heavy atom. The summed E-state index contributed by atoms with van der Waals surface area (Å²) in [5, 5.41) is 10.8. The number of nitro benzene ring substituents is 1. The zero-order valence-corrected chi connectivity index (χ0v) is 12.7. The fourth-order valence-electron chi connectivity index (χ4n) is 2.64. The second-order valence-corrected chi connectivity index (χ2v) is 5.89. The molecule has 1 amide bonds. The summed E-state index contributed by atoms with van der Waals surface area (Å²) in [6.07, 6.45) is 1.69. The number of amides is 1. The van der Waals surface area contributed by atoms with Crippen molar-refractivity contribution in [3.05, 3.63) is 32.3 Å². The van der Waals surface area contributed by atoms with Gasteiger partial charge in [0.15, 0.2) is 0 Å². The second-order valence-electron chi connectivity index (χ2n) is 5.04. The Balaban J connectivity index is 2.33. The third-order valence-electron chi connectivity index (χ3n) is 3.59. The maximum Gasteiger partial charge on any atom is 0.270 e. The van der Waals surface area contributed by atoms with Crippen LogP contribution in [0.15, 0.2) is 16.6 Å². The van der Waals surface area contributed by atoms with Crippen LogP contribution in [0.4, 0.5) is 11.4 Å². The molecule has 0 spiro atoms. The highest BCUT2D eigenvalue weighted by molar-refractivity contribution is 9.10. The molecule has 0 aromatic heterocycles. The summed E-state index contributed by atoms with van der Waals surface area (Å²) < 4.78 is 0.675. The number of halogens is 1. The highest BCUT2D eigenvalue weighted by Gasteiger charge is 2.26. The summed E-state index contributed by atoms with van der Waals surface area (Å²) in [7, 11) is 0. The van der Waals surface area contributed by atoms with Crippen LogP contribution in [-0.4, -0.2) is 23.9 Å². The number of anilines is 1. The van der Waals surface area contributed by atoms with Gasteiger partial charge in [0.05, 0.1) is 16.5 Å². The highest BCUT2D eigenvalue weighted by atomic mass is 79.9. The maximum absolute atomic E-state index is 11.3. The summed E-state index contributed by atoms with van der Waals surface area (Å²) in [6.45, 7) is 3.22. The van der Waals surface area contributed by atoms with Crippen LogP contribution >= 0.6 is 15.9 Å². The fourth-order valence-corrected chi connectivity index (χ4v) is 3.43. The van der Waals surface area contributed by atoms with E-state index in [1.807, 2.05) is 6.92 Å². The Kier molecular flexibility index (Phi) is 4.27. The number of benzene rings is 1. The number of rotatable bonds is 3. The third-order valence-corrected chi connectivity index (χ3v) is 4.19. The summed E-state index contributed by atoms with van der Waals surface area (Å²) in [5.41, 5.74) is 7.16. The molecule has 1 aromatic carbocycles. The van der Waals surface area contributed by atoms with E-state index in [2.05, 4.69) is 20.8 Å². The number of nitro groups is 1. The number of piperidine rings is 1. The molecule has 1 atom stereocenters. The van der Waals surface area contributed by atoms with Gasteiger partial charge in [0.2, 0.25) is 5.91 Å². The van der Waals surface area contributed by atoms with Crippen molar-refractivity contribution < 1.29 is 9.72 Å². The van der Waals surface area contributed by atoms with E-state index in [4.69, 9.17) is 5.73 Å². The van der Waals surface area contributed by atoms with Gasteiger partial charge in [-0.15, -0.1) is 0 Å². The number of nitrogens with zero attached hydrogens (tertiary/aromatic N) is 2. The molecule has 0 bridgehead atoms. The second kappa shape index (κ2) is 5.78. The van der Waals surface area contributed by atoms with Gasteiger partial charge in [-0.25, -0.2) is 0 Å². The van der Waals surface area contributed by atoms with Crippen LogP contribution in [0.1, 0.15) is 18.4 Å². The summed E-state index contributed by atoms with van der Waals surface area (Å²) >= 11 is 3.40. The Morgan fingerprint density at radius 1 is 1.55 bits per heavy atom. The van der Waals surface area contributed by atoms with Crippen LogP contribution in [0, 0.1) is 23.0 Å². The molecule has 2 rings (SSSR count). The average molecular weight is 342 g/mol. The van der Waals surface area contributed by atoms with Gasteiger partial charge in [0.1, 0.15) is 0 Å². The predicted molar refractivity (Wildman–Crippen MR) is 79.7 cm³/mol. The lowest BCUT2D eigenvalue weighted by molar-refractivity contribution is -0.385. The van der Waals surface area contributed by atoms with Crippen molar-refractivity contribution in [1.29, 1.82) is 0 Å². The summed E-state index contributed by atoms with van der Waals surface area (Å²) in [6, 6.07) is 3.05. The van der Waals surface area contributed by atoms with E-state index < -0.39 is 4.92 Å². The van der Waals surface area contributed by atoms with E-state index in [0.29, 0.717) is 11.0 Å². The molecule has 1 aliphatic heterocycles. The molecule has 108 valence electrons. The maximum atomic E-state index is 11.3. The van der Waals surface area contributed by atoms with E-state index in [0.717, 1.165) is 30.6 Å². The van der Waals surface area contributed by atoms with Gasteiger partial charge in [-0.2, -0.15) is 0 Å². The zero-order chi connectivity index (χ0) is 14.9. The van der Waals surface area contributed by atoms with Crippen molar-refractivity contribution >= 4 is 33.2 Å². The Labute approximate surface area is 125 Å². The van der Waals surface area contributed by atoms with Gasteiger partial charge in [-0.05, 0) is 41.3 Å². The average Bonchev–Trinajstić information content (AvgIpc) is 2.38. The van der Waals surface area contributed by atoms with Crippen LogP contribution in [0.3, 0.4) is 0 Å². The standard InChI is InChI=1S/C13H16BrN3O3/c1-8-5-10(17(19)20)6-11(14)12(8)16-4-2-3-9(7-16)13(15)18/h5-6,9H,2-4,7H2,1H3,(H2,15,18). The lowest BCUT2D eigenvalue weighted by Gasteiger charge is -2.34. The predicted octanol–water partition coefficient (Wildman–Crippen LogP) is 2.37. The van der Waals surface area contributed by atoms with Crippen LogP contribution < -0.4 is 10.6 Å². The topological polar surface area (TPSA) is 89.5 Å². The third kappa shape index (κ3) is 2.92. The molecule has 1 fully saturated rings. The van der Waals surface area contributed by atoms with Crippen molar-refractivity contribution in [1.82, 2.24) is 0 Å². The molecule has 1 heterocycles. The van der Waals surface area contributed by atoms with Crippen molar-refractivity contribution in [3.63, 3.8) is 0 Å².